The summed E-state index contributed by atoms with van der Waals surface area (Å²) in [5.74, 6) is 0. The monoisotopic (exact) mass is 234 g/mol. The Kier molecular flexibility index (Phi) is 3.75. The van der Waals surface area contributed by atoms with Gasteiger partial charge in [-0.05, 0) is 0 Å². The molecule has 68 valence electrons. The number of hydrogen-bond acceptors (Lipinski definition) is 2. The van der Waals surface area contributed by atoms with Crippen LogP contribution >= 0.6 is 0 Å². The second-order valence-corrected chi connectivity index (χ2v) is 3.31. The minimum absolute atomic E-state index is 0.659. The third kappa shape index (κ3) is 2.08. The summed E-state index contributed by atoms with van der Waals surface area (Å²) in [6.45, 7) is 3.01. The molecule has 1 rings (SSSR count). The van der Waals surface area contributed by atoms with Crippen LogP contribution in [0.3, 0.4) is 0 Å². The molecule has 0 aliphatic carbocycles. The van der Waals surface area contributed by atoms with Crippen molar-refractivity contribution < 1.29 is 0 Å². The molecule has 0 spiro atoms. The van der Waals surface area contributed by atoms with Crippen LogP contribution in [0.4, 0.5) is 0 Å². The number of aromatic nitrogens is 2. The molecule has 0 amide bonds. The summed E-state index contributed by atoms with van der Waals surface area (Å²) in [4.78, 5) is 0. The standard InChI is InChI=1S/C7H14N4Se/c8-1-3-10-5-6-11(4-2-9)7(10)12/h5-6H,1-4,8-9H2. The third-order valence-corrected chi connectivity index (χ3v) is 2.64. The first kappa shape index (κ1) is 9.74. The van der Waals surface area contributed by atoms with E-state index < -0.39 is 0 Å². The van der Waals surface area contributed by atoms with Crippen molar-refractivity contribution >= 4 is 15.6 Å². The van der Waals surface area contributed by atoms with Crippen molar-refractivity contribution in [2.24, 2.45) is 11.5 Å². The number of imidazole rings is 1. The molecular weight excluding hydrogens is 219 g/mol. The Morgan fingerprint density at radius 1 is 1.08 bits per heavy atom. The van der Waals surface area contributed by atoms with Gasteiger partial charge in [0.15, 0.2) is 0 Å². The van der Waals surface area contributed by atoms with Gasteiger partial charge in [-0.15, -0.1) is 0 Å². The van der Waals surface area contributed by atoms with Gasteiger partial charge in [0.05, 0.1) is 0 Å². The second kappa shape index (κ2) is 4.62. The van der Waals surface area contributed by atoms with Crippen LogP contribution in [0.25, 0.3) is 0 Å². The van der Waals surface area contributed by atoms with Gasteiger partial charge in [0.25, 0.3) is 0 Å². The Labute approximate surface area is 79.5 Å². The molecule has 12 heavy (non-hydrogen) atoms. The first-order chi connectivity index (χ1) is 5.79. The molecule has 0 unspecified atom stereocenters. The molecule has 5 heteroatoms. The topological polar surface area (TPSA) is 61.9 Å². The fourth-order valence-electron chi connectivity index (χ4n) is 1.07. The van der Waals surface area contributed by atoms with E-state index in [1.165, 1.54) is 0 Å². The predicted molar refractivity (Wildman–Crippen MR) is 49.5 cm³/mol. The van der Waals surface area contributed by atoms with Crippen LogP contribution in [0.2, 0.25) is 0 Å². The van der Waals surface area contributed by atoms with Gasteiger partial charge in [-0.2, -0.15) is 0 Å². The van der Waals surface area contributed by atoms with E-state index in [1.807, 2.05) is 12.4 Å². The second-order valence-electron chi connectivity index (χ2n) is 2.54. The Balaban J connectivity index is 2.81. The average molecular weight is 233 g/mol. The van der Waals surface area contributed by atoms with Gasteiger partial charge in [0.1, 0.15) is 0 Å². The molecule has 0 bridgehead atoms. The molecule has 0 aromatic carbocycles. The Morgan fingerprint density at radius 3 is 1.83 bits per heavy atom. The van der Waals surface area contributed by atoms with E-state index in [4.69, 9.17) is 11.5 Å². The van der Waals surface area contributed by atoms with Crippen LogP contribution in [-0.2, 0) is 13.1 Å². The van der Waals surface area contributed by atoms with Gasteiger partial charge in [0, 0.05) is 0 Å². The van der Waals surface area contributed by atoms with Crippen molar-refractivity contribution in [3.63, 3.8) is 0 Å². The SMILES string of the molecule is NCCn1ccn(CCN)c1=[Se]. The van der Waals surface area contributed by atoms with Crippen LogP contribution in [0.15, 0.2) is 12.4 Å². The molecule has 0 radical (unpaired) electrons. The van der Waals surface area contributed by atoms with Gasteiger partial charge < -0.3 is 0 Å². The van der Waals surface area contributed by atoms with Crippen LogP contribution in [-0.4, -0.2) is 37.8 Å². The zero-order valence-electron chi connectivity index (χ0n) is 6.94. The quantitative estimate of drug-likeness (QED) is 0.649. The van der Waals surface area contributed by atoms with Gasteiger partial charge >= 0.3 is 79.1 Å². The average Bonchev–Trinajstić information content (AvgIpc) is 2.38. The maximum absolute atomic E-state index is 5.44. The molecule has 0 atom stereocenters. The fraction of sp³-hybridized carbons (Fsp3) is 0.571. The molecule has 0 aliphatic heterocycles. The summed E-state index contributed by atoms with van der Waals surface area (Å²) in [7, 11) is 0. The first-order valence-corrected chi connectivity index (χ1v) is 4.81. The predicted octanol–water partition coefficient (Wildman–Crippen LogP) is -1.09. The van der Waals surface area contributed by atoms with Crippen molar-refractivity contribution in [2.45, 2.75) is 13.1 Å². The van der Waals surface area contributed by atoms with Gasteiger partial charge in [-0.3, -0.25) is 0 Å². The summed E-state index contributed by atoms with van der Waals surface area (Å²) >= 11 is 3.00. The number of rotatable bonds is 4. The van der Waals surface area contributed by atoms with Crippen molar-refractivity contribution in [3.05, 3.63) is 16.7 Å². The maximum atomic E-state index is 5.44. The minimum atomic E-state index is 0.659. The Morgan fingerprint density at radius 2 is 1.50 bits per heavy atom. The molecule has 1 aromatic heterocycles. The van der Waals surface area contributed by atoms with Crippen LogP contribution in [0.5, 0.6) is 0 Å². The van der Waals surface area contributed by atoms with E-state index in [9.17, 15) is 0 Å². The van der Waals surface area contributed by atoms with Crippen molar-refractivity contribution in [3.8, 4) is 0 Å². The Hall–Kier alpha value is -0.351. The van der Waals surface area contributed by atoms with Gasteiger partial charge in [0.2, 0.25) is 0 Å². The van der Waals surface area contributed by atoms with Gasteiger partial charge in [-0.1, -0.05) is 0 Å². The molecule has 0 aliphatic rings. The van der Waals surface area contributed by atoms with Crippen LogP contribution < -0.4 is 11.5 Å². The Bertz CT molecular complexity index is 261. The van der Waals surface area contributed by atoms with E-state index in [0.717, 1.165) is 17.4 Å². The number of hydrogen-bond donors (Lipinski definition) is 2. The van der Waals surface area contributed by atoms with Crippen LogP contribution in [0.1, 0.15) is 0 Å². The molecule has 4 nitrogen and oxygen atoms in total. The van der Waals surface area contributed by atoms with Crippen LogP contribution in [0, 0.1) is 4.32 Å². The molecule has 0 fully saturated rings. The number of nitrogens with zero attached hydrogens (tertiary/aromatic N) is 2. The molecule has 0 saturated carbocycles. The molecule has 1 heterocycles. The van der Waals surface area contributed by atoms with Gasteiger partial charge in [-0.25, -0.2) is 0 Å². The fourth-order valence-corrected chi connectivity index (χ4v) is 1.71. The molecule has 4 N–H and O–H groups in total. The normalized spacial score (nSPS) is 10.5. The summed E-state index contributed by atoms with van der Waals surface area (Å²) in [5, 5.41) is 0. The van der Waals surface area contributed by atoms with E-state index in [2.05, 4.69) is 24.7 Å². The van der Waals surface area contributed by atoms with Crippen molar-refractivity contribution in [2.75, 3.05) is 13.1 Å². The van der Waals surface area contributed by atoms with E-state index in [1.54, 1.807) is 0 Å². The van der Waals surface area contributed by atoms with Crippen molar-refractivity contribution in [1.82, 2.24) is 9.13 Å². The van der Waals surface area contributed by atoms with E-state index >= 15 is 0 Å². The summed E-state index contributed by atoms with van der Waals surface area (Å²) in [6.07, 6.45) is 4.02. The molecule has 1 aromatic rings. The summed E-state index contributed by atoms with van der Waals surface area (Å²) in [5.41, 5.74) is 10.9. The zero-order valence-corrected chi connectivity index (χ0v) is 8.65. The third-order valence-electron chi connectivity index (χ3n) is 1.66. The summed E-state index contributed by atoms with van der Waals surface area (Å²) < 4.78 is 5.25. The first-order valence-electron chi connectivity index (χ1n) is 3.95. The van der Waals surface area contributed by atoms with E-state index in [-0.39, 0.29) is 0 Å². The zero-order chi connectivity index (χ0) is 8.97. The summed E-state index contributed by atoms with van der Waals surface area (Å²) in [6, 6.07) is 0. The van der Waals surface area contributed by atoms with E-state index in [0.29, 0.717) is 13.1 Å². The molecular formula is C7H14N4Se. The molecule has 0 saturated heterocycles. The number of nitrogens with two attached hydrogens (primary N) is 2. The van der Waals surface area contributed by atoms with Crippen molar-refractivity contribution in [1.29, 1.82) is 0 Å².